The number of anilines is 2. The molecule has 0 aromatic heterocycles. The number of aryl methyl sites for hydroxylation is 1. The second-order valence-corrected chi connectivity index (χ2v) is 9.08. The van der Waals surface area contributed by atoms with Crippen molar-refractivity contribution in [3.63, 3.8) is 0 Å². The molecule has 0 aliphatic carbocycles. The van der Waals surface area contributed by atoms with Crippen LogP contribution in [0.5, 0.6) is 0 Å². The Kier molecular flexibility index (Phi) is 5.59. The first-order valence-electron chi connectivity index (χ1n) is 10.1. The van der Waals surface area contributed by atoms with Crippen LogP contribution in [0, 0.1) is 0 Å². The van der Waals surface area contributed by atoms with Crippen LogP contribution in [0.3, 0.4) is 0 Å². The lowest BCUT2D eigenvalue weighted by molar-refractivity contribution is 0.0988. The van der Waals surface area contributed by atoms with Gasteiger partial charge in [-0.15, -0.1) is 0 Å². The summed E-state index contributed by atoms with van der Waals surface area (Å²) in [6, 6.07) is 23.3. The predicted octanol–water partition coefficient (Wildman–Crippen LogP) is 4.49. The SMILES string of the molecule is CCN(C(=O)c1ccc(S(=O)(=O)N2CCCc3ccccc32)cc1)c1ccccc1. The number of hydrogen-bond acceptors (Lipinski definition) is 3. The molecule has 0 radical (unpaired) electrons. The third kappa shape index (κ3) is 3.71. The van der Waals surface area contributed by atoms with E-state index in [9.17, 15) is 13.2 Å². The molecule has 0 atom stereocenters. The number of amides is 1. The Hall–Kier alpha value is -3.12. The van der Waals surface area contributed by atoms with Gasteiger partial charge in [0.05, 0.1) is 10.6 Å². The van der Waals surface area contributed by atoms with Crippen LogP contribution >= 0.6 is 0 Å². The lowest BCUT2D eigenvalue weighted by Gasteiger charge is -2.30. The molecule has 0 N–H and O–H groups in total. The number of hydrogen-bond donors (Lipinski definition) is 0. The van der Waals surface area contributed by atoms with E-state index in [1.54, 1.807) is 17.0 Å². The molecule has 0 spiro atoms. The molecule has 4 rings (SSSR count). The fourth-order valence-electron chi connectivity index (χ4n) is 3.85. The molecule has 1 amide bonds. The average molecular weight is 421 g/mol. The number of para-hydroxylation sites is 2. The number of carbonyl (C=O) groups excluding carboxylic acids is 1. The summed E-state index contributed by atoms with van der Waals surface area (Å²) >= 11 is 0. The summed E-state index contributed by atoms with van der Waals surface area (Å²) in [5, 5.41) is 0. The largest absolute Gasteiger partial charge is 0.309 e. The van der Waals surface area contributed by atoms with Crippen molar-refractivity contribution in [1.82, 2.24) is 0 Å². The Labute approximate surface area is 177 Å². The Morgan fingerprint density at radius 3 is 2.30 bits per heavy atom. The lowest BCUT2D eigenvalue weighted by Crippen LogP contribution is -2.35. The average Bonchev–Trinajstić information content (AvgIpc) is 2.80. The molecule has 0 saturated heterocycles. The molecular formula is C24H24N2O3S. The predicted molar refractivity (Wildman–Crippen MR) is 120 cm³/mol. The van der Waals surface area contributed by atoms with Crippen molar-refractivity contribution in [2.24, 2.45) is 0 Å². The van der Waals surface area contributed by atoms with Crippen molar-refractivity contribution >= 4 is 27.3 Å². The quantitative estimate of drug-likeness (QED) is 0.611. The Bertz CT molecular complexity index is 1140. The summed E-state index contributed by atoms with van der Waals surface area (Å²) in [6.07, 6.45) is 1.66. The monoisotopic (exact) mass is 420 g/mol. The molecule has 0 unspecified atom stereocenters. The molecule has 154 valence electrons. The molecule has 1 aliphatic rings. The summed E-state index contributed by atoms with van der Waals surface area (Å²) in [5.41, 5.74) is 3.05. The van der Waals surface area contributed by atoms with Crippen LogP contribution in [-0.2, 0) is 16.4 Å². The van der Waals surface area contributed by atoms with Gasteiger partial charge in [-0.3, -0.25) is 9.10 Å². The third-order valence-electron chi connectivity index (χ3n) is 5.39. The first-order chi connectivity index (χ1) is 14.5. The summed E-state index contributed by atoms with van der Waals surface area (Å²) in [7, 11) is -3.69. The maximum absolute atomic E-state index is 13.3. The van der Waals surface area contributed by atoms with Crippen LogP contribution in [0.25, 0.3) is 0 Å². The number of carbonyl (C=O) groups is 1. The molecule has 6 heteroatoms. The maximum Gasteiger partial charge on any atom is 0.264 e. The number of nitrogens with zero attached hydrogens (tertiary/aromatic N) is 2. The van der Waals surface area contributed by atoms with Gasteiger partial charge in [0.2, 0.25) is 0 Å². The normalized spacial score (nSPS) is 13.6. The highest BCUT2D eigenvalue weighted by atomic mass is 32.2. The number of sulfonamides is 1. The molecule has 0 fully saturated rings. The highest BCUT2D eigenvalue weighted by Gasteiger charge is 2.29. The Morgan fingerprint density at radius 1 is 0.933 bits per heavy atom. The van der Waals surface area contributed by atoms with Gasteiger partial charge < -0.3 is 4.90 Å². The van der Waals surface area contributed by atoms with Crippen LogP contribution in [-0.4, -0.2) is 27.4 Å². The van der Waals surface area contributed by atoms with Gasteiger partial charge in [0.1, 0.15) is 0 Å². The van der Waals surface area contributed by atoms with Crippen molar-refractivity contribution in [1.29, 1.82) is 0 Å². The van der Waals surface area contributed by atoms with Gasteiger partial charge in [0.25, 0.3) is 15.9 Å². The van der Waals surface area contributed by atoms with E-state index >= 15 is 0 Å². The topological polar surface area (TPSA) is 57.7 Å². The molecule has 3 aromatic carbocycles. The van der Waals surface area contributed by atoms with E-state index in [1.807, 2.05) is 61.5 Å². The van der Waals surface area contributed by atoms with E-state index < -0.39 is 10.0 Å². The molecule has 0 bridgehead atoms. The first kappa shape index (κ1) is 20.2. The fraction of sp³-hybridized carbons (Fsp3) is 0.208. The van der Waals surface area contributed by atoms with E-state index in [-0.39, 0.29) is 10.8 Å². The van der Waals surface area contributed by atoms with Gasteiger partial charge in [-0.2, -0.15) is 0 Å². The van der Waals surface area contributed by atoms with Crippen molar-refractivity contribution in [3.8, 4) is 0 Å². The van der Waals surface area contributed by atoms with Crippen LogP contribution in [0.1, 0.15) is 29.3 Å². The van der Waals surface area contributed by atoms with Crippen LogP contribution in [0.15, 0.2) is 83.8 Å². The smallest absolute Gasteiger partial charge is 0.264 e. The van der Waals surface area contributed by atoms with Gasteiger partial charge >= 0.3 is 0 Å². The molecule has 5 nitrogen and oxygen atoms in total. The highest BCUT2D eigenvalue weighted by molar-refractivity contribution is 7.92. The van der Waals surface area contributed by atoms with Crippen molar-refractivity contribution in [2.75, 3.05) is 22.3 Å². The minimum Gasteiger partial charge on any atom is -0.309 e. The van der Waals surface area contributed by atoms with Gasteiger partial charge in [0.15, 0.2) is 0 Å². The van der Waals surface area contributed by atoms with Crippen LogP contribution in [0.4, 0.5) is 11.4 Å². The summed E-state index contributed by atoms with van der Waals surface area (Å²) in [6.45, 7) is 2.89. The van der Waals surface area contributed by atoms with Gasteiger partial charge in [0, 0.05) is 24.3 Å². The molecule has 0 saturated carbocycles. The van der Waals surface area contributed by atoms with Gasteiger partial charge in [-0.25, -0.2) is 8.42 Å². The first-order valence-corrected chi connectivity index (χ1v) is 11.5. The third-order valence-corrected chi connectivity index (χ3v) is 7.21. The minimum atomic E-state index is -3.69. The zero-order valence-corrected chi connectivity index (χ0v) is 17.7. The summed E-state index contributed by atoms with van der Waals surface area (Å²) in [5.74, 6) is -0.157. The molecule has 30 heavy (non-hydrogen) atoms. The fourth-order valence-corrected chi connectivity index (χ4v) is 5.39. The zero-order valence-electron chi connectivity index (χ0n) is 16.9. The van der Waals surface area contributed by atoms with Crippen molar-refractivity contribution < 1.29 is 13.2 Å². The number of fused-ring (bicyclic) bond motifs is 1. The lowest BCUT2D eigenvalue weighted by atomic mass is 10.0. The van der Waals surface area contributed by atoms with Crippen molar-refractivity contribution in [2.45, 2.75) is 24.7 Å². The van der Waals surface area contributed by atoms with Gasteiger partial charge in [-0.05, 0) is 67.8 Å². The van der Waals surface area contributed by atoms with Gasteiger partial charge in [-0.1, -0.05) is 36.4 Å². The standard InChI is InChI=1S/C24H24N2O3S/c1-2-25(21-11-4-3-5-12-21)24(27)20-14-16-22(17-15-20)30(28,29)26-18-8-10-19-9-6-7-13-23(19)26/h3-7,9,11-17H,2,8,10,18H2,1H3. The number of rotatable bonds is 5. The van der Waals surface area contributed by atoms with Crippen LogP contribution < -0.4 is 9.21 Å². The van der Waals surface area contributed by atoms with Crippen LogP contribution in [0.2, 0.25) is 0 Å². The number of benzene rings is 3. The Morgan fingerprint density at radius 2 is 1.60 bits per heavy atom. The molecular weight excluding hydrogens is 396 g/mol. The van der Waals surface area contributed by atoms with E-state index in [1.165, 1.54) is 16.4 Å². The summed E-state index contributed by atoms with van der Waals surface area (Å²) in [4.78, 5) is 14.8. The molecule has 1 aliphatic heterocycles. The highest BCUT2D eigenvalue weighted by Crippen LogP contribution is 2.32. The second-order valence-electron chi connectivity index (χ2n) is 7.22. The molecule has 1 heterocycles. The zero-order chi connectivity index (χ0) is 21.1. The second kappa shape index (κ2) is 8.32. The van der Waals surface area contributed by atoms with E-state index in [2.05, 4.69) is 0 Å². The van der Waals surface area contributed by atoms with Crippen molar-refractivity contribution in [3.05, 3.63) is 90.0 Å². The summed E-state index contributed by atoms with van der Waals surface area (Å²) < 4.78 is 28.0. The van der Waals surface area contributed by atoms with E-state index in [0.717, 1.165) is 29.8 Å². The van der Waals surface area contributed by atoms with E-state index in [0.29, 0.717) is 18.7 Å². The minimum absolute atomic E-state index is 0.157. The molecule has 3 aromatic rings. The maximum atomic E-state index is 13.3. The Balaban J connectivity index is 1.61. The van der Waals surface area contributed by atoms with E-state index in [4.69, 9.17) is 0 Å².